The molecule has 4 heterocycles. The van der Waals surface area contributed by atoms with Crippen LogP contribution in [0.1, 0.15) is 25.0 Å². The second-order valence-electron chi connectivity index (χ2n) is 15.0. The molecule has 11 aromatic rings. The maximum absolute atomic E-state index is 5.59. The first kappa shape index (κ1) is 34.9. The third-order valence-electron chi connectivity index (χ3n) is 11.5. The van der Waals surface area contributed by atoms with Gasteiger partial charge in [-0.15, -0.1) is 34.8 Å². The normalized spacial score (nSPS) is 11.9. The summed E-state index contributed by atoms with van der Waals surface area (Å²) >= 11 is 0. The maximum Gasteiger partial charge on any atom is 2.00 e. The number of rotatable bonds is 6. The second-order valence-corrected chi connectivity index (χ2v) is 15.0. The summed E-state index contributed by atoms with van der Waals surface area (Å²) in [6.07, 6.45) is 1.84. The van der Waals surface area contributed by atoms with E-state index in [-0.39, 0.29) is 26.5 Å². The van der Waals surface area contributed by atoms with Crippen LogP contribution < -0.4 is 4.98 Å². The molecule has 0 radical (unpaired) electrons. The van der Waals surface area contributed by atoms with Gasteiger partial charge >= 0.3 is 21.1 Å². The Kier molecular flexibility index (Phi) is 8.32. The van der Waals surface area contributed by atoms with Gasteiger partial charge in [-0.25, -0.2) is 9.97 Å². The van der Waals surface area contributed by atoms with E-state index in [0.29, 0.717) is 0 Å². The molecule has 57 heavy (non-hydrogen) atoms. The van der Waals surface area contributed by atoms with Gasteiger partial charge in [0, 0.05) is 28.4 Å². The molecule has 274 valence electrons. The zero-order valence-electron chi connectivity index (χ0n) is 31.3. The molecule has 7 aromatic carbocycles. The van der Waals surface area contributed by atoms with Gasteiger partial charge in [0.25, 0.3) is 0 Å². The van der Waals surface area contributed by atoms with Gasteiger partial charge in [-0.2, -0.15) is 0 Å². The van der Waals surface area contributed by atoms with Crippen LogP contribution in [0.25, 0.3) is 88.7 Å². The number of aromatic nitrogens is 5. The molecule has 0 aliphatic carbocycles. The molecule has 0 fully saturated rings. The monoisotopic (exact) mass is 912 g/mol. The van der Waals surface area contributed by atoms with E-state index < -0.39 is 0 Å². The number of hydrogen-bond acceptors (Lipinski definition) is 2. The van der Waals surface area contributed by atoms with Crippen LogP contribution in [0.4, 0.5) is 0 Å². The van der Waals surface area contributed by atoms with Gasteiger partial charge in [-0.05, 0) is 69.2 Å². The van der Waals surface area contributed by atoms with Crippen LogP contribution >= 0.6 is 0 Å². The van der Waals surface area contributed by atoms with Crippen LogP contribution in [-0.2, 0) is 26.5 Å². The first-order chi connectivity index (χ1) is 27.5. The minimum atomic E-state index is -0.222. The molecule has 5 nitrogen and oxygen atoms in total. The number of nitrogens with zero attached hydrogens (tertiary/aromatic N) is 5. The van der Waals surface area contributed by atoms with E-state index in [4.69, 9.17) is 15.0 Å². The average Bonchev–Trinajstić information content (AvgIpc) is 3.94. The molecule has 0 atom stereocenters. The summed E-state index contributed by atoms with van der Waals surface area (Å²) in [5, 5.41) is 4.57. The predicted molar refractivity (Wildman–Crippen MR) is 230 cm³/mol. The zero-order chi connectivity index (χ0) is 37.4. The van der Waals surface area contributed by atoms with Crippen molar-refractivity contribution < 1.29 is 21.1 Å². The SMILES string of the molecule is CC(C)(c1ccccc1)c1cccc(-n2c(-c3cccc4c3[n-]c3ccccc34)nc3c(-c4[c-]c5c(cc4)c4ccccc4n5-c4ccccn4)cccc32)c1.[Pt+2]. The summed E-state index contributed by atoms with van der Waals surface area (Å²) in [7, 11) is 0. The van der Waals surface area contributed by atoms with Crippen molar-refractivity contribution in [3.05, 3.63) is 193 Å². The summed E-state index contributed by atoms with van der Waals surface area (Å²) in [4.78, 5) is 15.6. The van der Waals surface area contributed by atoms with E-state index in [1.54, 1.807) is 0 Å². The van der Waals surface area contributed by atoms with Crippen molar-refractivity contribution in [3.8, 4) is 34.0 Å². The third kappa shape index (κ3) is 5.49. The molecule has 6 heteroatoms. The quantitative estimate of drug-likeness (QED) is 0.156. The maximum atomic E-state index is 5.59. The van der Waals surface area contributed by atoms with E-state index in [0.717, 1.165) is 83.3 Å². The third-order valence-corrected chi connectivity index (χ3v) is 11.5. The Labute approximate surface area is 344 Å². The Morgan fingerprint density at radius 3 is 2.12 bits per heavy atom. The Morgan fingerprint density at radius 2 is 1.26 bits per heavy atom. The molecule has 0 aliphatic rings. The smallest absolute Gasteiger partial charge is 0.656 e. The fourth-order valence-electron chi connectivity index (χ4n) is 8.57. The minimum absolute atomic E-state index is 0. The van der Waals surface area contributed by atoms with Gasteiger partial charge in [-0.3, -0.25) is 4.57 Å². The summed E-state index contributed by atoms with van der Waals surface area (Å²) in [5.41, 5.74) is 12.2. The van der Waals surface area contributed by atoms with Crippen molar-refractivity contribution in [2.45, 2.75) is 19.3 Å². The van der Waals surface area contributed by atoms with Gasteiger partial charge in [0.15, 0.2) is 0 Å². The molecule has 0 unspecified atom stereocenters. The van der Waals surface area contributed by atoms with Crippen molar-refractivity contribution in [1.82, 2.24) is 24.1 Å². The predicted octanol–water partition coefficient (Wildman–Crippen LogP) is 12.2. The number of imidazole rings is 1. The van der Waals surface area contributed by atoms with Gasteiger partial charge in [0.2, 0.25) is 0 Å². The molecule has 0 spiro atoms. The average molecular weight is 913 g/mol. The molecule has 11 rings (SSSR count). The zero-order valence-corrected chi connectivity index (χ0v) is 33.6. The Hall–Kier alpha value is -6.55. The topological polar surface area (TPSA) is 49.7 Å². The second kappa shape index (κ2) is 13.6. The number of pyridine rings is 1. The van der Waals surface area contributed by atoms with Crippen molar-refractivity contribution in [1.29, 1.82) is 0 Å². The van der Waals surface area contributed by atoms with Crippen molar-refractivity contribution in [2.75, 3.05) is 0 Å². The molecule has 0 aliphatic heterocycles. The van der Waals surface area contributed by atoms with E-state index in [1.807, 2.05) is 18.3 Å². The summed E-state index contributed by atoms with van der Waals surface area (Å²) < 4.78 is 4.53. The van der Waals surface area contributed by atoms with E-state index in [1.165, 1.54) is 16.5 Å². The Balaban J connectivity index is 0.00000396. The summed E-state index contributed by atoms with van der Waals surface area (Å²) in [6.45, 7) is 4.59. The Bertz CT molecular complexity index is 3280. The summed E-state index contributed by atoms with van der Waals surface area (Å²) in [5.74, 6) is 1.71. The van der Waals surface area contributed by atoms with Crippen LogP contribution in [-0.4, -0.2) is 19.1 Å². The molecular formula is C51H35N5Pt. The Morgan fingerprint density at radius 1 is 0.561 bits per heavy atom. The van der Waals surface area contributed by atoms with Gasteiger partial charge in [-0.1, -0.05) is 146 Å². The fraction of sp³-hybridized carbons (Fsp3) is 0.0588. The summed E-state index contributed by atoms with van der Waals surface area (Å²) in [6, 6.07) is 63.8. The number of benzene rings is 7. The first-order valence-electron chi connectivity index (χ1n) is 19.0. The molecule has 0 amide bonds. The number of hydrogen-bond donors (Lipinski definition) is 0. The van der Waals surface area contributed by atoms with Crippen molar-refractivity contribution >= 4 is 54.6 Å². The van der Waals surface area contributed by atoms with Crippen LogP contribution in [0, 0.1) is 6.07 Å². The van der Waals surface area contributed by atoms with E-state index in [2.05, 4.69) is 187 Å². The van der Waals surface area contributed by atoms with E-state index in [9.17, 15) is 0 Å². The van der Waals surface area contributed by atoms with Crippen molar-refractivity contribution in [2.24, 2.45) is 0 Å². The van der Waals surface area contributed by atoms with Crippen LogP contribution in [0.3, 0.4) is 0 Å². The minimum Gasteiger partial charge on any atom is -0.656 e. The van der Waals surface area contributed by atoms with Crippen LogP contribution in [0.5, 0.6) is 0 Å². The van der Waals surface area contributed by atoms with Crippen LogP contribution in [0.2, 0.25) is 0 Å². The van der Waals surface area contributed by atoms with Crippen LogP contribution in [0.15, 0.2) is 176 Å². The number of fused-ring (bicyclic) bond motifs is 7. The van der Waals surface area contributed by atoms with Gasteiger partial charge in [0.05, 0.1) is 11.0 Å². The molecule has 0 N–H and O–H groups in total. The largest absolute Gasteiger partial charge is 2.00 e. The van der Waals surface area contributed by atoms with Crippen molar-refractivity contribution in [3.63, 3.8) is 0 Å². The first-order valence-corrected chi connectivity index (χ1v) is 19.0. The fourth-order valence-corrected chi connectivity index (χ4v) is 8.57. The molecule has 0 bridgehead atoms. The molecule has 4 aromatic heterocycles. The van der Waals surface area contributed by atoms with E-state index >= 15 is 0 Å². The van der Waals surface area contributed by atoms with Gasteiger partial charge in [0.1, 0.15) is 11.6 Å². The van der Waals surface area contributed by atoms with Gasteiger partial charge < -0.3 is 9.55 Å². The molecule has 0 saturated heterocycles. The number of para-hydroxylation sites is 4. The molecule has 0 saturated carbocycles. The molecular weight excluding hydrogens is 878 g/mol. The standard InChI is InChI=1S/C51H35N5.Pt/c1-51(2,34-15-4-3-5-16-34)35-17-12-18-36(32-35)55-45-26-14-21-37(49(45)54-50(55)42-23-13-22-41-38-19-6-8-24-43(38)53-48(41)42)33-28-29-40-39-20-7-9-25-44(39)56(46(40)31-33)47-27-10-11-30-52-47;/h3-30,32H,1-2H3;/q-2;+2.